The Morgan fingerprint density at radius 2 is 2.00 bits per heavy atom. The molecule has 0 unspecified atom stereocenters. The molecular weight excluding hydrogens is 231 g/mol. The van der Waals surface area contributed by atoms with Crippen LogP contribution in [0.3, 0.4) is 0 Å². The Kier molecular flexibility index (Phi) is 2.15. The topological polar surface area (TPSA) is 26.0 Å². The van der Waals surface area contributed by atoms with E-state index in [0.29, 0.717) is 11.4 Å². The van der Waals surface area contributed by atoms with Gasteiger partial charge in [-0.25, -0.2) is 4.98 Å². The number of aryl methyl sites for hydroxylation is 1. The third-order valence-corrected chi connectivity index (χ3v) is 2.20. The molecule has 0 fully saturated rings. The molecule has 15 heavy (non-hydrogen) atoms. The molecule has 0 amide bonds. The molecular formula is C9H5ClF3NO. The van der Waals surface area contributed by atoms with Crippen LogP contribution in [0.4, 0.5) is 13.2 Å². The number of halogens is 4. The first kappa shape index (κ1) is 10.3. The summed E-state index contributed by atoms with van der Waals surface area (Å²) in [6.07, 6.45) is -4.48. The van der Waals surface area contributed by atoms with Crippen molar-refractivity contribution >= 4 is 22.7 Å². The van der Waals surface area contributed by atoms with Gasteiger partial charge in [0, 0.05) is 6.92 Å². The second-order valence-corrected chi connectivity index (χ2v) is 3.44. The predicted molar refractivity (Wildman–Crippen MR) is 48.8 cm³/mol. The molecule has 2 aromatic rings. The van der Waals surface area contributed by atoms with Gasteiger partial charge in [-0.05, 0) is 12.1 Å². The van der Waals surface area contributed by atoms with E-state index in [-0.39, 0.29) is 10.6 Å². The Hall–Kier alpha value is -1.23. The number of oxazole rings is 1. The zero-order chi connectivity index (χ0) is 11.2. The molecule has 0 aliphatic carbocycles. The molecule has 6 heteroatoms. The second-order valence-electron chi connectivity index (χ2n) is 3.03. The maximum Gasteiger partial charge on any atom is 0.417 e. The Morgan fingerprint density at radius 1 is 1.33 bits per heavy atom. The Labute approximate surface area is 87.7 Å². The van der Waals surface area contributed by atoms with Crippen LogP contribution in [0.1, 0.15) is 11.5 Å². The van der Waals surface area contributed by atoms with E-state index in [1.807, 2.05) is 0 Å². The molecule has 0 aliphatic rings. The summed E-state index contributed by atoms with van der Waals surface area (Å²) in [6.45, 7) is 1.56. The second kappa shape index (κ2) is 3.13. The van der Waals surface area contributed by atoms with Gasteiger partial charge in [-0.15, -0.1) is 0 Å². The Bertz CT molecular complexity index is 518. The summed E-state index contributed by atoms with van der Waals surface area (Å²) in [4.78, 5) is 3.88. The number of aromatic nitrogens is 1. The lowest BCUT2D eigenvalue weighted by molar-refractivity contribution is -0.137. The summed E-state index contributed by atoms with van der Waals surface area (Å²) in [6, 6.07) is 2.01. The number of hydrogen-bond acceptors (Lipinski definition) is 2. The van der Waals surface area contributed by atoms with Gasteiger partial charge in [0.25, 0.3) is 0 Å². The number of benzene rings is 1. The summed E-state index contributed by atoms with van der Waals surface area (Å²) in [5.74, 6) is 0.306. The van der Waals surface area contributed by atoms with Crippen molar-refractivity contribution in [3.05, 3.63) is 28.6 Å². The number of fused-ring (bicyclic) bond motifs is 1. The number of alkyl halides is 3. The van der Waals surface area contributed by atoms with Crippen molar-refractivity contribution in [2.45, 2.75) is 13.1 Å². The molecule has 80 valence electrons. The molecule has 0 bridgehead atoms. The molecule has 0 saturated heterocycles. The first-order valence-corrected chi connectivity index (χ1v) is 4.39. The Morgan fingerprint density at radius 3 is 2.60 bits per heavy atom. The van der Waals surface area contributed by atoms with Crippen molar-refractivity contribution in [1.82, 2.24) is 4.98 Å². The lowest BCUT2D eigenvalue weighted by Crippen LogP contribution is -2.05. The van der Waals surface area contributed by atoms with Gasteiger partial charge >= 0.3 is 6.18 Å². The smallest absolute Gasteiger partial charge is 0.417 e. The average molecular weight is 236 g/mol. The van der Waals surface area contributed by atoms with Crippen LogP contribution < -0.4 is 0 Å². The van der Waals surface area contributed by atoms with Crippen molar-refractivity contribution in [2.24, 2.45) is 0 Å². The van der Waals surface area contributed by atoms with Crippen LogP contribution >= 0.6 is 11.6 Å². The fraction of sp³-hybridized carbons (Fsp3) is 0.222. The molecule has 1 aromatic heterocycles. The maximum atomic E-state index is 12.4. The molecule has 0 atom stereocenters. The molecule has 2 nitrogen and oxygen atoms in total. The first-order chi connectivity index (χ1) is 6.88. The monoisotopic (exact) mass is 235 g/mol. The fourth-order valence-corrected chi connectivity index (χ4v) is 1.55. The summed E-state index contributed by atoms with van der Waals surface area (Å²) in [7, 11) is 0. The van der Waals surface area contributed by atoms with Crippen LogP contribution in [0.5, 0.6) is 0 Å². The molecule has 1 heterocycles. The van der Waals surface area contributed by atoms with E-state index in [0.717, 1.165) is 12.1 Å². The van der Waals surface area contributed by atoms with Crippen molar-refractivity contribution in [3.63, 3.8) is 0 Å². The van der Waals surface area contributed by atoms with E-state index in [1.54, 1.807) is 6.92 Å². The number of rotatable bonds is 0. The summed E-state index contributed by atoms with van der Waals surface area (Å²) < 4.78 is 42.3. The zero-order valence-electron chi connectivity index (χ0n) is 7.52. The molecule has 2 rings (SSSR count). The highest BCUT2D eigenvalue weighted by Crippen LogP contribution is 2.37. The van der Waals surface area contributed by atoms with Crippen LogP contribution in [-0.4, -0.2) is 4.98 Å². The lowest BCUT2D eigenvalue weighted by atomic mass is 10.2. The van der Waals surface area contributed by atoms with E-state index in [9.17, 15) is 13.2 Å². The minimum atomic E-state index is -4.48. The molecule has 1 aromatic carbocycles. The maximum absolute atomic E-state index is 12.4. The van der Waals surface area contributed by atoms with E-state index in [1.165, 1.54) is 0 Å². The van der Waals surface area contributed by atoms with E-state index >= 15 is 0 Å². The minimum Gasteiger partial charge on any atom is -0.441 e. The Balaban J connectivity index is 2.72. The van der Waals surface area contributed by atoms with E-state index in [4.69, 9.17) is 16.0 Å². The summed E-state index contributed by atoms with van der Waals surface area (Å²) in [5, 5.41) is -0.372. The zero-order valence-corrected chi connectivity index (χ0v) is 8.28. The van der Waals surface area contributed by atoms with Crippen molar-refractivity contribution < 1.29 is 17.6 Å². The highest BCUT2D eigenvalue weighted by atomic mass is 35.5. The van der Waals surface area contributed by atoms with Crippen LogP contribution in [0.2, 0.25) is 5.02 Å². The first-order valence-electron chi connectivity index (χ1n) is 4.02. The highest BCUT2D eigenvalue weighted by Gasteiger charge is 2.34. The minimum absolute atomic E-state index is 0.0872. The van der Waals surface area contributed by atoms with Crippen LogP contribution in [0, 0.1) is 6.92 Å². The van der Waals surface area contributed by atoms with Crippen molar-refractivity contribution in [2.75, 3.05) is 0 Å². The van der Waals surface area contributed by atoms with Gasteiger partial charge < -0.3 is 4.42 Å². The quantitative estimate of drug-likeness (QED) is 0.694. The molecule has 0 saturated carbocycles. The molecule has 0 spiro atoms. The lowest BCUT2D eigenvalue weighted by Gasteiger charge is -2.07. The van der Waals surface area contributed by atoms with Gasteiger partial charge in [-0.3, -0.25) is 0 Å². The SMILES string of the molecule is Cc1nc2cc(Cl)c(C(F)(F)F)cc2o1. The number of hydrogen-bond donors (Lipinski definition) is 0. The highest BCUT2D eigenvalue weighted by molar-refractivity contribution is 6.32. The van der Waals surface area contributed by atoms with Crippen LogP contribution in [0.15, 0.2) is 16.5 Å². The van der Waals surface area contributed by atoms with Gasteiger partial charge in [0.1, 0.15) is 5.52 Å². The van der Waals surface area contributed by atoms with Crippen LogP contribution in [-0.2, 0) is 6.18 Å². The van der Waals surface area contributed by atoms with Gasteiger partial charge in [-0.1, -0.05) is 11.6 Å². The van der Waals surface area contributed by atoms with Crippen LogP contribution in [0.25, 0.3) is 11.1 Å². The standard InChI is InChI=1S/C9H5ClF3NO/c1-4-14-7-3-6(10)5(9(11,12)13)2-8(7)15-4/h2-3H,1H3. The van der Waals surface area contributed by atoms with Crippen molar-refractivity contribution in [1.29, 1.82) is 0 Å². The fourth-order valence-electron chi connectivity index (χ4n) is 1.28. The number of nitrogens with zero attached hydrogens (tertiary/aromatic N) is 1. The molecule has 0 radical (unpaired) electrons. The van der Waals surface area contributed by atoms with Gasteiger partial charge in [-0.2, -0.15) is 13.2 Å². The molecule has 0 aliphatic heterocycles. The predicted octanol–water partition coefficient (Wildman–Crippen LogP) is 3.81. The third kappa shape index (κ3) is 1.79. The largest absolute Gasteiger partial charge is 0.441 e. The van der Waals surface area contributed by atoms with Gasteiger partial charge in [0.15, 0.2) is 11.5 Å². The normalized spacial score (nSPS) is 12.3. The van der Waals surface area contributed by atoms with E-state index < -0.39 is 11.7 Å². The average Bonchev–Trinajstić information content (AvgIpc) is 2.40. The summed E-state index contributed by atoms with van der Waals surface area (Å²) >= 11 is 5.50. The van der Waals surface area contributed by atoms with Gasteiger partial charge in [0.05, 0.1) is 10.6 Å². The van der Waals surface area contributed by atoms with E-state index in [2.05, 4.69) is 4.98 Å². The molecule has 0 N–H and O–H groups in total. The third-order valence-electron chi connectivity index (χ3n) is 1.89. The van der Waals surface area contributed by atoms with Crippen molar-refractivity contribution in [3.8, 4) is 0 Å². The summed E-state index contributed by atoms with van der Waals surface area (Å²) in [5.41, 5.74) is -0.498. The van der Waals surface area contributed by atoms with Gasteiger partial charge in [0.2, 0.25) is 0 Å².